The fourth-order valence-corrected chi connectivity index (χ4v) is 1.73. The summed E-state index contributed by atoms with van der Waals surface area (Å²) in [4.78, 5) is 22.0. The Morgan fingerprint density at radius 1 is 1.15 bits per heavy atom. The summed E-state index contributed by atoms with van der Waals surface area (Å²) < 4.78 is 0. The van der Waals surface area contributed by atoms with Crippen LogP contribution in [0.4, 0.5) is 9.59 Å². The van der Waals surface area contributed by atoms with Crippen molar-refractivity contribution >= 4 is 12.1 Å². The zero-order valence-electron chi connectivity index (χ0n) is 7.26. The molecule has 2 aliphatic rings. The van der Waals surface area contributed by atoms with Crippen molar-refractivity contribution in [1.82, 2.24) is 21.3 Å². The Labute approximate surface area is 75.4 Å². The van der Waals surface area contributed by atoms with Crippen molar-refractivity contribution < 1.29 is 9.59 Å². The van der Waals surface area contributed by atoms with Crippen LogP contribution in [0.3, 0.4) is 0 Å². The molecular weight excluding hydrogens is 172 g/mol. The number of carbonyl (C=O) groups is 2. The zero-order chi connectivity index (χ0) is 9.42. The summed E-state index contributed by atoms with van der Waals surface area (Å²) >= 11 is 0. The van der Waals surface area contributed by atoms with E-state index < -0.39 is 0 Å². The molecule has 2 saturated heterocycles. The van der Waals surface area contributed by atoms with E-state index in [-0.39, 0.29) is 30.2 Å². The number of nitrogens with one attached hydrogen (secondary N) is 4. The molecule has 0 aromatic carbocycles. The molecule has 0 unspecified atom stereocenters. The van der Waals surface area contributed by atoms with Gasteiger partial charge in [0, 0.05) is 18.5 Å². The van der Waals surface area contributed by atoms with Gasteiger partial charge in [0.2, 0.25) is 0 Å². The number of urea groups is 2. The molecule has 0 saturated carbocycles. The Kier molecular flexibility index (Phi) is 1.75. The smallest absolute Gasteiger partial charge is 0.316 e. The van der Waals surface area contributed by atoms with Gasteiger partial charge >= 0.3 is 12.1 Å². The third-order valence-electron chi connectivity index (χ3n) is 2.50. The lowest BCUT2D eigenvalue weighted by atomic mass is 9.94. The van der Waals surface area contributed by atoms with Gasteiger partial charge in [0.1, 0.15) is 6.17 Å². The number of hydrogen-bond acceptors (Lipinski definition) is 2. The lowest BCUT2D eigenvalue weighted by molar-refractivity contribution is 0.161. The van der Waals surface area contributed by atoms with Gasteiger partial charge in [0.05, 0.1) is 0 Å². The topological polar surface area (TPSA) is 82.3 Å². The van der Waals surface area contributed by atoms with Crippen LogP contribution in [0.5, 0.6) is 0 Å². The summed E-state index contributed by atoms with van der Waals surface area (Å²) in [5.74, 6) is 0.204. The monoisotopic (exact) mass is 184 g/mol. The molecule has 3 atom stereocenters. The van der Waals surface area contributed by atoms with Crippen molar-refractivity contribution in [1.29, 1.82) is 0 Å². The molecule has 0 spiro atoms. The van der Waals surface area contributed by atoms with E-state index in [4.69, 9.17) is 0 Å². The molecule has 0 bridgehead atoms. The van der Waals surface area contributed by atoms with Crippen LogP contribution in [0.1, 0.15) is 6.92 Å². The first kappa shape index (κ1) is 8.15. The first-order valence-corrected chi connectivity index (χ1v) is 4.28. The summed E-state index contributed by atoms with van der Waals surface area (Å²) in [6.45, 7) is 2.51. The number of carbonyl (C=O) groups excluding carboxylic acids is 2. The standard InChI is InChI=1S/C7H12N4O2/c1-3-4-2-8-6(12)10-5(4)11-7(13)9-3/h3-5H,2H2,1H3,(H2,8,10,12)(H2,9,11,13)/t3-,4-,5+/m1/s1. The minimum atomic E-state index is -0.238. The van der Waals surface area contributed by atoms with E-state index in [1.165, 1.54) is 0 Å². The van der Waals surface area contributed by atoms with Crippen LogP contribution < -0.4 is 21.3 Å². The molecular formula is C7H12N4O2. The summed E-state index contributed by atoms with van der Waals surface area (Å²) in [5.41, 5.74) is 0. The molecule has 2 heterocycles. The van der Waals surface area contributed by atoms with Crippen LogP contribution in [-0.2, 0) is 0 Å². The van der Waals surface area contributed by atoms with Gasteiger partial charge in [-0.1, -0.05) is 0 Å². The molecule has 6 nitrogen and oxygen atoms in total. The molecule has 13 heavy (non-hydrogen) atoms. The molecule has 2 aliphatic heterocycles. The van der Waals surface area contributed by atoms with Gasteiger partial charge < -0.3 is 21.3 Å². The van der Waals surface area contributed by atoms with Gasteiger partial charge in [-0.2, -0.15) is 0 Å². The van der Waals surface area contributed by atoms with E-state index in [1.54, 1.807) is 0 Å². The highest BCUT2D eigenvalue weighted by Crippen LogP contribution is 2.13. The zero-order valence-corrected chi connectivity index (χ0v) is 7.26. The van der Waals surface area contributed by atoms with E-state index in [0.29, 0.717) is 6.54 Å². The third kappa shape index (κ3) is 1.39. The summed E-state index contributed by atoms with van der Waals surface area (Å²) in [7, 11) is 0. The minimum absolute atomic E-state index is 0.0758. The Morgan fingerprint density at radius 2 is 1.85 bits per heavy atom. The van der Waals surface area contributed by atoms with Gasteiger partial charge in [-0.3, -0.25) is 0 Å². The molecule has 2 fully saturated rings. The lowest BCUT2D eigenvalue weighted by Gasteiger charge is -2.40. The largest absolute Gasteiger partial charge is 0.338 e. The van der Waals surface area contributed by atoms with Gasteiger partial charge in [-0.25, -0.2) is 9.59 Å². The molecule has 6 heteroatoms. The van der Waals surface area contributed by atoms with Crippen molar-refractivity contribution in [3.8, 4) is 0 Å². The van der Waals surface area contributed by atoms with Crippen LogP contribution in [-0.4, -0.2) is 30.8 Å². The van der Waals surface area contributed by atoms with Crippen molar-refractivity contribution in [3.63, 3.8) is 0 Å². The second kappa shape index (κ2) is 2.79. The molecule has 0 aromatic heterocycles. The fourth-order valence-electron chi connectivity index (χ4n) is 1.73. The first-order valence-electron chi connectivity index (χ1n) is 4.28. The van der Waals surface area contributed by atoms with Crippen molar-refractivity contribution in [2.45, 2.75) is 19.1 Å². The first-order chi connectivity index (χ1) is 6.16. The minimum Gasteiger partial charge on any atom is -0.338 e. The maximum atomic E-state index is 11.0. The van der Waals surface area contributed by atoms with Crippen LogP contribution >= 0.6 is 0 Å². The Bertz CT molecular complexity index is 253. The highest BCUT2D eigenvalue weighted by atomic mass is 16.2. The molecule has 0 aromatic rings. The highest BCUT2D eigenvalue weighted by molar-refractivity contribution is 5.79. The summed E-state index contributed by atoms with van der Waals surface area (Å²) in [5, 5.41) is 10.8. The van der Waals surface area contributed by atoms with Gasteiger partial charge in [0.15, 0.2) is 0 Å². The average molecular weight is 184 g/mol. The maximum absolute atomic E-state index is 11.0. The molecule has 4 amide bonds. The van der Waals surface area contributed by atoms with Crippen LogP contribution in [0.2, 0.25) is 0 Å². The van der Waals surface area contributed by atoms with E-state index >= 15 is 0 Å². The van der Waals surface area contributed by atoms with Crippen molar-refractivity contribution in [2.24, 2.45) is 5.92 Å². The van der Waals surface area contributed by atoms with Gasteiger partial charge in [0.25, 0.3) is 0 Å². The summed E-state index contributed by atoms with van der Waals surface area (Å²) in [6.07, 6.45) is -0.238. The molecule has 72 valence electrons. The maximum Gasteiger partial charge on any atom is 0.316 e. The predicted molar refractivity (Wildman–Crippen MR) is 44.9 cm³/mol. The Hall–Kier alpha value is -1.46. The van der Waals surface area contributed by atoms with E-state index in [0.717, 1.165) is 0 Å². The van der Waals surface area contributed by atoms with Crippen LogP contribution in [0.25, 0.3) is 0 Å². The van der Waals surface area contributed by atoms with Gasteiger partial charge in [-0.15, -0.1) is 0 Å². The second-order valence-corrected chi connectivity index (χ2v) is 3.40. The number of amides is 4. The number of rotatable bonds is 0. The Balaban J connectivity index is 2.10. The SMILES string of the molecule is C[C@H]1NC(=O)N[C@@H]2NC(=O)NC[C@@H]21. The average Bonchev–Trinajstić information content (AvgIpc) is 2.02. The van der Waals surface area contributed by atoms with Gasteiger partial charge in [-0.05, 0) is 6.92 Å². The molecule has 2 rings (SSSR count). The Morgan fingerprint density at radius 3 is 2.62 bits per heavy atom. The van der Waals surface area contributed by atoms with Crippen molar-refractivity contribution in [3.05, 3.63) is 0 Å². The normalized spacial score (nSPS) is 37.8. The second-order valence-electron chi connectivity index (χ2n) is 3.40. The molecule has 0 aliphatic carbocycles. The third-order valence-corrected chi connectivity index (χ3v) is 2.50. The van der Waals surface area contributed by atoms with E-state index in [1.807, 2.05) is 6.92 Å². The lowest BCUT2D eigenvalue weighted by Crippen LogP contribution is -2.71. The van der Waals surface area contributed by atoms with E-state index in [2.05, 4.69) is 21.3 Å². The predicted octanol–water partition coefficient (Wildman–Crippen LogP) is -1.06. The summed E-state index contributed by atoms with van der Waals surface area (Å²) in [6, 6.07) is -0.376. The van der Waals surface area contributed by atoms with Crippen LogP contribution in [0, 0.1) is 5.92 Å². The number of hydrogen-bond donors (Lipinski definition) is 4. The highest BCUT2D eigenvalue weighted by Gasteiger charge is 2.37. The van der Waals surface area contributed by atoms with E-state index in [9.17, 15) is 9.59 Å². The quantitative estimate of drug-likeness (QED) is 0.387. The number of fused-ring (bicyclic) bond motifs is 1. The molecule has 4 N–H and O–H groups in total. The van der Waals surface area contributed by atoms with Crippen molar-refractivity contribution in [2.75, 3.05) is 6.54 Å². The van der Waals surface area contributed by atoms with Crippen LogP contribution in [0.15, 0.2) is 0 Å². The fraction of sp³-hybridized carbons (Fsp3) is 0.714. The molecule has 0 radical (unpaired) electrons.